The number of ether oxygens (including phenoxy) is 4. The lowest BCUT2D eigenvalue weighted by molar-refractivity contribution is -0.201. The first-order chi connectivity index (χ1) is 45.1. The van der Waals surface area contributed by atoms with Crippen molar-refractivity contribution in [3.63, 3.8) is 0 Å². The molecule has 31 heteroatoms. The fourth-order valence-corrected chi connectivity index (χ4v) is 8.39. The Morgan fingerprint density at radius 1 is 0.526 bits per heavy atom. The molecule has 3 rings (SSSR count). The van der Waals surface area contributed by atoms with Crippen LogP contribution in [0.25, 0.3) is 0 Å². The Balaban J connectivity index is -0.00000116. The molecule has 8 amide bonds. The first kappa shape index (κ1) is 94.5. The van der Waals surface area contributed by atoms with Crippen LogP contribution in [-0.2, 0) is 95.7 Å². The fourth-order valence-electron chi connectivity index (χ4n) is 8.27. The van der Waals surface area contributed by atoms with E-state index in [9.17, 15) is 67.1 Å². The van der Waals surface area contributed by atoms with Gasteiger partial charge in [-0.3, -0.25) is 52.7 Å². The van der Waals surface area contributed by atoms with Crippen molar-refractivity contribution in [2.24, 2.45) is 39.7 Å². The number of thiol groups is 2. The second-order valence-corrected chi connectivity index (χ2v) is 26.2. The first-order valence-electron chi connectivity index (χ1n) is 32.4. The summed E-state index contributed by atoms with van der Waals surface area (Å²) in [5.41, 5.74) is 3.09. The quantitative estimate of drug-likeness (QED) is 0.0230. The van der Waals surface area contributed by atoms with Crippen molar-refractivity contribution in [3.05, 3.63) is 24.8 Å². The van der Waals surface area contributed by atoms with Gasteiger partial charge in [0.15, 0.2) is 0 Å². The lowest BCUT2D eigenvalue weighted by Crippen LogP contribution is -2.38. The predicted molar refractivity (Wildman–Crippen MR) is 370 cm³/mol. The van der Waals surface area contributed by atoms with Gasteiger partial charge in [0, 0.05) is 101 Å². The average Bonchev–Trinajstić information content (AvgIpc) is 1.76. The summed E-state index contributed by atoms with van der Waals surface area (Å²) in [5.74, 6) is -6.44. The lowest BCUT2D eigenvalue weighted by Gasteiger charge is -2.28. The number of hydrogen-bond acceptors (Lipinski definition) is 27. The normalized spacial score (nSPS) is 16.1. The van der Waals surface area contributed by atoms with Crippen molar-refractivity contribution in [1.29, 1.82) is 0 Å². The van der Waals surface area contributed by atoms with Gasteiger partial charge in [-0.1, -0.05) is 54.7 Å². The topological polar surface area (TPSA) is 355 Å². The number of hydroxylamine groups is 4. The zero-order valence-corrected chi connectivity index (χ0v) is 62.8. The second-order valence-electron chi connectivity index (χ2n) is 25.3. The van der Waals surface area contributed by atoms with Crippen LogP contribution < -0.4 is 11.1 Å². The zero-order valence-electron chi connectivity index (χ0n) is 61.0. The SMILES string of the molecule is C=C(C)C(=O)OCCN(C)C.C=CC(=O)N1C(=O)CCC1=O.CCC(C)(CC(C)C(=O)NCCS)C(=O)OCCN(C)C.CCC(C)(CC(C)C(=O)ON1C(=O)CCC1=O)C(=O)OCCN(C)C.CCC(C)(CC(C)C(=O)ON1C(=O)CCC1=O)C(=O)OCCN(C)C.NCCS. The van der Waals surface area contributed by atoms with Crippen LogP contribution in [0.4, 0.5) is 0 Å². The Bertz CT molecular complexity index is 2460. The van der Waals surface area contributed by atoms with Crippen molar-refractivity contribution in [3.8, 4) is 0 Å². The molecule has 0 radical (unpaired) electrons. The van der Waals surface area contributed by atoms with Gasteiger partial charge >= 0.3 is 35.8 Å². The van der Waals surface area contributed by atoms with Crippen molar-refractivity contribution in [1.82, 2.24) is 39.9 Å². The Morgan fingerprint density at radius 2 is 0.804 bits per heavy atom. The summed E-state index contributed by atoms with van der Waals surface area (Å²) in [5, 5.41) is 3.85. The number of esters is 4. The van der Waals surface area contributed by atoms with E-state index in [1.165, 1.54) is 0 Å². The Kier molecular flexibility index (Phi) is 48.5. The van der Waals surface area contributed by atoms with Gasteiger partial charge in [-0.25, -0.2) is 19.3 Å². The molecule has 3 aliphatic heterocycles. The van der Waals surface area contributed by atoms with E-state index in [1.54, 1.807) is 34.6 Å². The summed E-state index contributed by atoms with van der Waals surface area (Å²) in [6.07, 6.45) is 3.96. The summed E-state index contributed by atoms with van der Waals surface area (Å²) in [4.78, 5) is 181. The summed E-state index contributed by atoms with van der Waals surface area (Å²) < 4.78 is 20.8. The minimum atomic E-state index is -0.843. The largest absolute Gasteiger partial charge is 0.464 e. The van der Waals surface area contributed by atoms with Crippen LogP contribution in [0.1, 0.15) is 146 Å². The molecule has 0 aromatic heterocycles. The smallest absolute Gasteiger partial charge is 0.336 e. The van der Waals surface area contributed by atoms with Crippen LogP contribution in [0.3, 0.4) is 0 Å². The molecule has 3 heterocycles. The van der Waals surface area contributed by atoms with Crippen molar-refractivity contribution >= 4 is 108 Å². The van der Waals surface area contributed by atoms with Crippen molar-refractivity contribution in [2.75, 3.05) is 134 Å². The Labute approximate surface area is 585 Å². The van der Waals surface area contributed by atoms with Gasteiger partial charge in [-0.15, -0.1) is 10.1 Å². The molecule has 3 aliphatic rings. The molecule has 556 valence electrons. The van der Waals surface area contributed by atoms with E-state index in [1.807, 2.05) is 111 Å². The lowest BCUT2D eigenvalue weighted by atomic mass is 9.79. The number of nitrogens with zero attached hydrogens (tertiary/aromatic N) is 7. The number of carbonyl (C=O) groups excluding carboxylic acids is 14. The zero-order chi connectivity index (χ0) is 75.6. The van der Waals surface area contributed by atoms with E-state index >= 15 is 0 Å². The molecule has 6 atom stereocenters. The molecular weight excluding hydrogens is 1300 g/mol. The molecule has 0 saturated carbocycles. The van der Waals surface area contributed by atoms with E-state index in [0.717, 1.165) is 18.4 Å². The van der Waals surface area contributed by atoms with E-state index in [4.69, 9.17) is 34.4 Å². The number of likely N-dealkylation sites (tertiary alicyclic amines) is 1. The molecule has 6 unspecified atom stereocenters. The fraction of sp³-hybridized carbons (Fsp3) is 0.727. The first-order valence-corrected chi connectivity index (χ1v) is 33.7. The third-order valence-corrected chi connectivity index (χ3v) is 15.6. The van der Waals surface area contributed by atoms with E-state index in [0.29, 0.717) is 98.0 Å². The number of imide groups is 5. The van der Waals surface area contributed by atoms with Crippen molar-refractivity contribution in [2.45, 2.75) is 146 Å². The standard InChI is InChI=1S/2C17H28N2O6.C15H30N2O3S.C8H15NO2.C7H7NO3.C2H7NS/c2*1-6-17(3,16(23)24-10-9-18(4)5)11-12(2)15(22)25-19-13(20)7-8-14(19)21;1-6-15(3,14(19)20-9-8-17(4)5)11-12(2)13(18)16-7-10-21;1-7(2)8(10)11-6-5-9(3)4;1-2-5(9)8-6(10)3-4-7(8)11;3-1-2-4/h2*12H,6-11H2,1-5H3;12,21H,6-11H2,1-5H3,(H,16,18);1,5-6H2,2-4H3;2H,1,3-4H2;4H,1-3H2. The number of hydrogen-bond donors (Lipinski definition) is 4. The molecule has 3 saturated heterocycles. The van der Waals surface area contributed by atoms with Gasteiger partial charge in [-0.2, -0.15) is 25.3 Å². The number of likely N-dealkylation sites (N-methyl/N-ethyl adjacent to an activating group) is 4. The van der Waals surface area contributed by atoms with Gasteiger partial charge in [0.2, 0.25) is 17.7 Å². The second kappa shape index (κ2) is 49.8. The number of nitrogens with two attached hydrogens (primary N) is 1. The number of nitrogens with one attached hydrogen (secondary N) is 1. The molecule has 97 heavy (non-hydrogen) atoms. The molecule has 3 N–H and O–H groups in total. The summed E-state index contributed by atoms with van der Waals surface area (Å²) >= 11 is 7.86. The van der Waals surface area contributed by atoms with E-state index < -0.39 is 81.4 Å². The third kappa shape index (κ3) is 38.3. The number of rotatable bonds is 34. The van der Waals surface area contributed by atoms with Crippen molar-refractivity contribution < 1.29 is 95.7 Å². The molecule has 0 aromatic rings. The highest BCUT2D eigenvalue weighted by molar-refractivity contribution is 7.80. The summed E-state index contributed by atoms with van der Waals surface area (Å²) in [6, 6.07) is 0. The maximum Gasteiger partial charge on any atom is 0.336 e. The summed E-state index contributed by atoms with van der Waals surface area (Å²) in [6.45, 7) is 29.6. The van der Waals surface area contributed by atoms with Crippen LogP contribution in [-0.4, -0.2) is 251 Å². The predicted octanol–water partition coefficient (Wildman–Crippen LogP) is 4.25. The van der Waals surface area contributed by atoms with Crippen LogP contribution in [0.2, 0.25) is 0 Å². The molecule has 0 bridgehead atoms. The van der Waals surface area contributed by atoms with Crippen LogP contribution in [0, 0.1) is 34.0 Å². The molecule has 0 aromatic carbocycles. The van der Waals surface area contributed by atoms with Crippen LogP contribution in [0.5, 0.6) is 0 Å². The van der Waals surface area contributed by atoms with E-state index in [-0.39, 0.29) is 100 Å². The maximum atomic E-state index is 12.4. The van der Waals surface area contributed by atoms with Gasteiger partial charge in [0.05, 0.1) is 28.1 Å². The average molecular weight is 1420 g/mol. The Morgan fingerprint density at radius 3 is 1.05 bits per heavy atom. The minimum absolute atomic E-state index is 0.0372. The third-order valence-electron chi connectivity index (χ3n) is 15.1. The Hall–Kier alpha value is -6.64. The van der Waals surface area contributed by atoms with Gasteiger partial charge in [0.1, 0.15) is 26.4 Å². The molecule has 0 spiro atoms. The molecule has 3 fully saturated rings. The highest BCUT2D eigenvalue weighted by Crippen LogP contribution is 2.35. The van der Waals surface area contributed by atoms with Gasteiger partial charge < -0.3 is 59.3 Å². The van der Waals surface area contributed by atoms with Gasteiger partial charge in [-0.05, 0) is 129 Å². The monoisotopic (exact) mass is 1420 g/mol. The number of amides is 8. The summed E-state index contributed by atoms with van der Waals surface area (Å²) in [7, 11) is 15.2. The molecule has 29 nitrogen and oxygen atoms in total. The highest BCUT2D eigenvalue weighted by Gasteiger charge is 2.42. The van der Waals surface area contributed by atoms with Crippen LogP contribution in [0.15, 0.2) is 24.8 Å². The van der Waals surface area contributed by atoms with Gasteiger partial charge in [0.25, 0.3) is 29.5 Å². The highest BCUT2D eigenvalue weighted by atomic mass is 32.1. The number of carbonyl (C=O) groups is 14. The maximum absolute atomic E-state index is 12.4. The van der Waals surface area contributed by atoms with Crippen LogP contribution >= 0.6 is 25.3 Å². The minimum Gasteiger partial charge on any atom is -0.464 e. The molecule has 0 aliphatic carbocycles. The molecular formula is C66H115N9O20S2. The van der Waals surface area contributed by atoms with E-state index in [2.05, 4.69) is 43.7 Å².